The number of rotatable bonds is 11. The van der Waals surface area contributed by atoms with Gasteiger partial charge in [0.2, 0.25) is 0 Å². The van der Waals surface area contributed by atoms with Crippen molar-refractivity contribution in [2.75, 3.05) is 13.2 Å². The summed E-state index contributed by atoms with van der Waals surface area (Å²) in [5, 5.41) is 7.80. The van der Waals surface area contributed by atoms with Crippen LogP contribution in [0.1, 0.15) is 56.4 Å². The van der Waals surface area contributed by atoms with Crippen LogP contribution in [0.3, 0.4) is 0 Å². The molecule has 1 aromatic heterocycles. The van der Waals surface area contributed by atoms with Crippen molar-refractivity contribution in [3.8, 4) is 17.4 Å². The molecule has 0 aliphatic carbocycles. The molecular formula is C21H24F6N2O3. The van der Waals surface area contributed by atoms with Crippen LogP contribution in [-0.2, 0) is 19.0 Å². The Bertz CT molecular complexity index is 839. The van der Waals surface area contributed by atoms with E-state index in [0.717, 1.165) is 25.7 Å². The van der Waals surface area contributed by atoms with Crippen LogP contribution >= 0.6 is 0 Å². The van der Waals surface area contributed by atoms with Crippen molar-refractivity contribution < 1.29 is 40.6 Å². The molecule has 5 nitrogen and oxygen atoms in total. The molecule has 0 bridgehead atoms. The highest BCUT2D eigenvalue weighted by Crippen LogP contribution is 2.38. The van der Waals surface area contributed by atoms with Gasteiger partial charge in [-0.05, 0) is 31.0 Å². The fourth-order valence-corrected chi connectivity index (χ4v) is 2.48. The van der Waals surface area contributed by atoms with E-state index in [4.69, 9.17) is 14.2 Å². The smallest absolute Gasteiger partial charge is 0.416 e. The molecule has 0 atom stereocenters. The van der Waals surface area contributed by atoms with Gasteiger partial charge in [-0.1, -0.05) is 26.7 Å². The Kier molecular flexibility index (Phi) is 8.97. The number of alkyl halides is 6. The monoisotopic (exact) mass is 466 g/mol. The SMILES string of the molecule is CCCCOc1cc(COc2cc(C(F)(F)F)cc(C(F)(F)F)c2)nnc1OCCCC. The lowest BCUT2D eigenvalue weighted by Gasteiger charge is -2.15. The first kappa shape index (κ1) is 25.5. The Morgan fingerprint density at radius 1 is 0.719 bits per heavy atom. The number of unbranched alkanes of at least 4 members (excludes halogenated alkanes) is 2. The van der Waals surface area contributed by atoms with Crippen LogP contribution in [0.2, 0.25) is 0 Å². The molecular weight excluding hydrogens is 442 g/mol. The van der Waals surface area contributed by atoms with Crippen molar-refractivity contribution in [1.82, 2.24) is 10.2 Å². The van der Waals surface area contributed by atoms with E-state index >= 15 is 0 Å². The minimum atomic E-state index is -4.96. The van der Waals surface area contributed by atoms with Crippen molar-refractivity contribution in [2.45, 2.75) is 58.5 Å². The van der Waals surface area contributed by atoms with Crippen LogP contribution in [0, 0.1) is 0 Å². The van der Waals surface area contributed by atoms with Crippen molar-refractivity contribution in [3.05, 3.63) is 41.1 Å². The quantitative estimate of drug-likeness (QED) is 0.281. The summed E-state index contributed by atoms with van der Waals surface area (Å²) in [6.07, 6.45) is -6.57. The van der Waals surface area contributed by atoms with Gasteiger partial charge in [0.1, 0.15) is 18.1 Å². The maximum absolute atomic E-state index is 13.0. The van der Waals surface area contributed by atoms with Crippen LogP contribution in [0.15, 0.2) is 24.3 Å². The second-order valence-corrected chi connectivity index (χ2v) is 6.94. The minimum absolute atomic E-state index is 0.0365. The first-order valence-corrected chi connectivity index (χ1v) is 10.1. The number of benzene rings is 1. The summed E-state index contributed by atoms with van der Waals surface area (Å²) in [4.78, 5) is 0. The van der Waals surface area contributed by atoms with E-state index in [1.165, 1.54) is 6.07 Å². The number of halogens is 6. The molecule has 0 N–H and O–H groups in total. The Labute approximate surface area is 181 Å². The molecule has 0 radical (unpaired) electrons. The molecule has 32 heavy (non-hydrogen) atoms. The first-order chi connectivity index (χ1) is 15.0. The lowest BCUT2D eigenvalue weighted by molar-refractivity contribution is -0.143. The van der Waals surface area contributed by atoms with Gasteiger partial charge in [-0.15, -0.1) is 10.2 Å². The maximum atomic E-state index is 13.0. The number of hydrogen-bond acceptors (Lipinski definition) is 5. The summed E-state index contributed by atoms with van der Waals surface area (Å²) < 4.78 is 94.4. The maximum Gasteiger partial charge on any atom is 0.416 e. The van der Waals surface area contributed by atoms with Crippen molar-refractivity contribution in [2.24, 2.45) is 0 Å². The zero-order valence-electron chi connectivity index (χ0n) is 17.6. The summed E-state index contributed by atoms with van der Waals surface area (Å²) >= 11 is 0. The van der Waals surface area contributed by atoms with Crippen molar-refractivity contribution in [3.63, 3.8) is 0 Å². The third-order valence-corrected chi connectivity index (χ3v) is 4.22. The molecule has 2 rings (SSSR count). The third kappa shape index (κ3) is 7.76. The van der Waals surface area contributed by atoms with Gasteiger partial charge < -0.3 is 14.2 Å². The Hall–Kier alpha value is -2.72. The topological polar surface area (TPSA) is 53.5 Å². The van der Waals surface area contributed by atoms with Gasteiger partial charge in [0.15, 0.2) is 5.75 Å². The molecule has 178 valence electrons. The molecule has 1 heterocycles. The lowest BCUT2D eigenvalue weighted by atomic mass is 10.1. The second-order valence-electron chi connectivity index (χ2n) is 6.94. The average Bonchev–Trinajstić information content (AvgIpc) is 2.72. The molecule has 11 heteroatoms. The molecule has 0 aliphatic rings. The van der Waals surface area contributed by atoms with Gasteiger partial charge in [-0.25, -0.2) is 0 Å². The summed E-state index contributed by atoms with van der Waals surface area (Å²) in [6, 6.07) is 2.49. The van der Waals surface area contributed by atoms with E-state index < -0.39 is 35.8 Å². The first-order valence-electron chi connectivity index (χ1n) is 10.1. The normalized spacial score (nSPS) is 12.0. The van der Waals surface area contributed by atoms with Gasteiger partial charge >= 0.3 is 12.4 Å². The van der Waals surface area contributed by atoms with Gasteiger partial charge in [-0.2, -0.15) is 26.3 Å². The summed E-state index contributed by atoms with van der Waals surface area (Å²) in [5.41, 5.74) is -2.77. The molecule has 1 aromatic carbocycles. The highest BCUT2D eigenvalue weighted by atomic mass is 19.4. The predicted octanol–water partition coefficient (Wildman–Crippen LogP) is 6.45. The summed E-state index contributed by atoms with van der Waals surface area (Å²) in [5.74, 6) is -0.148. The standard InChI is InChI=1S/C21H24F6N2O3/c1-3-5-7-30-18-12-16(28-29-19(18)31-8-6-4-2)13-32-17-10-14(20(22,23)24)9-15(11-17)21(25,26)27/h9-12H,3-8,13H2,1-2H3. The van der Waals surface area contributed by atoms with Crippen LogP contribution in [0.4, 0.5) is 26.3 Å². The van der Waals surface area contributed by atoms with Gasteiger partial charge in [0.25, 0.3) is 5.88 Å². The second kappa shape index (κ2) is 11.2. The van der Waals surface area contributed by atoms with Crippen molar-refractivity contribution in [1.29, 1.82) is 0 Å². The number of ether oxygens (including phenoxy) is 3. The Morgan fingerprint density at radius 2 is 1.28 bits per heavy atom. The summed E-state index contributed by atoms with van der Waals surface area (Å²) in [7, 11) is 0. The molecule has 0 saturated carbocycles. The molecule has 0 aliphatic heterocycles. The Morgan fingerprint density at radius 3 is 1.81 bits per heavy atom. The summed E-state index contributed by atoms with van der Waals surface area (Å²) in [6.45, 7) is 4.35. The largest absolute Gasteiger partial charge is 0.488 e. The molecule has 2 aromatic rings. The van der Waals surface area contributed by atoms with E-state index in [0.29, 0.717) is 25.3 Å². The van der Waals surface area contributed by atoms with E-state index in [1.54, 1.807) is 0 Å². The fraction of sp³-hybridized carbons (Fsp3) is 0.524. The molecule has 0 amide bonds. The zero-order chi connectivity index (χ0) is 23.8. The Balaban J connectivity index is 2.22. The predicted molar refractivity (Wildman–Crippen MR) is 104 cm³/mol. The van der Waals surface area contributed by atoms with Crippen molar-refractivity contribution >= 4 is 0 Å². The minimum Gasteiger partial charge on any atom is -0.488 e. The van der Waals surface area contributed by atoms with E-state index in [1.807, 2.05) is 13.8 Å². The van der Waals surface area contributed by atoms with Gasteiger partial charge in [0, 0.05) is 6.07 Å². The average molecular weight is 466 g/mol. The van der Waals surface area contributed by atoms with E-state index in [2.05, 4.69) is 10.2 Å². The molecule has 0 fully saturated rings. The van der Waals surface area contributed by atoms with Crippen LogP contribution in [-0.4, -0.2) is 23.4 Å². The molecule has 0 unspecified atom stereocenters. The van der Waals surface area contributed by atoms with Gasteiger partial charge in [-0.3, -0.25) is 0 Å². The van der Waals surface area contributed by atoms with Gasteiger partial charge in [0.05, 0.1) is 24.3 Å². The number of aromatic nitrogens is 2. The molecule has 0 saturated heterocycles. The zero-order valence-corrected chi connectivity index (χ0v) is 17.6. The van der Waals surface area contributed by atoms with Crippen LogP contribution < -0.4 is 14.2 Å². The highest BCUT2D eigenvalue weighted by Gasteiger charge is 2.37. The fourth-order valence-electron chi connectivity index (χ4n) is 2.48. The highest BCUT2D eigenvalue weighted by molar-refractivity contribution is 5.38. The van der Waals surface area contributed by atoms with E-state index in [9.17, 15) is 26.3 Å². The third-order valence-electron chi connectivity index (χ3n) is 4.22. The number of hydrogen-bond donors (Lipinski definition) is 0. The van der Waals surface area contributed by atoms with Crippen LogP contribution in [0.25, 0.3) is 0 Å². The number of nitrogens with zero attached hydrogens (tertiary/aromatic N) is 2. The molecule has 0 spiro atoms. The van der Waals surface area contributed by atoms with Crippen LogP contribution in [0.5, 0.6) is 17.4 Å². The lowest BCUT2D eigenvalue weighted by Crippen LogP contribution is -2.12. The van der Waals surface area contributed by atoms with E-state index in [-0.39, 0.29) is 23.4 Å².